The zero-order valence-electron chi connectivity index (χ0n) is 11.5. The van der Waals surface area contributed by atoms with Gasteiger partial charge in [-0.3, -0.25) is 9.69 Å². The Bertz CT molecular complexity index is 425. The highest BCUT2D eigenvalue weighted by molar-refractivity contribution is 7.86. The van der Waals surface area contributed by atoms with Crippen LogP contribution in [0.2, 0.25) is 0 Å². The summed E-state index contributed by atoms with van der Waals surface area (Å²) in [5.41, 5.74) is 0. The average molecular weight is 290 g/mol. The van der Waals surface area contributed by atoms with E-state index in [9.17, 15) is 13.2 Å². The molecule has 1 heterocycles. The van der Waals surface area contributed by atoms with Crippen molar-refractivity contribution in [2.75, 3.05) is 46.8 Å². The fourth-order valence-electron chi connectivity index (χ4n) is 2.05. The smallest absolute Gasteiger partial charge is 0.281 e. The van der Waals surface area contributed by atoms with Crippen LogP contribution >= 0.6 is 0 Å². The van der Waals surface area contributed by atoms with Gasteiger partial charge in [-0.2, -0.15) is 17.0 Å². The lowest BCUT2D eigenvalue weighted by atomic mass is 10.3. The number of carbonyl (C=O) groups is 1. The Morgan fingerprint density at radius 2 is 1.79 bits per heavy atom. The van der Waals surface area contributed by atoms with E-state index in [1.807, 2.05) is 4.90 Å². The van der Waals surface area contributed by atoms with Crippen LogP contribution in [0.25, 0.3) is 0 Å². The molecule has 1 aliphatic heterocycles. The van der Waals surface area contributed by atoms with Gasteiger partial charge in [0, 0.05) is 46.3 Å². The topological polar surface area (TPSA) is 73.0 Å². The first-order valence-corrected chi connectivity index (χ1v) is 7.98. The van der Waals surface area contributed by atoms with E-state index >= 15 is 0 Å². The molecule has 1 saturated heterocycles. The number of amides is 1. The predicted octanol–water partition coefficient (Wildman–Crippen LogP) is -1.31. The fourth-order valence-corrected chi connectivity index (χ4v) is 3.14. The van der Waals surface area contributed by atoms with Gasteiger partial charge in [-0.25, -0.2) is 0 Å². The molecule has 1 saturated carbocycles. The van der Waals surface area contributed by atoms with Crippen molar-refractivity contribution in [3.05, 3.63) is 0 Å². The number of piperazine rings is 1. The molecule has 0 radical (unpaired) electrons. The Labute approximate surface area is 114 Å². The van der Waals surface area contributed by atoms with Gasteiger partial charge in [-0.1, -0.05) is 0 Å². The summed E-state index contributed by atoms with van der Waals surface area (Å²) in [4.78, 5) is 13.7. The summed E-state index contributed by atoms with van der Waals surface area (Å²) in [6.07, 6.45) is 2.17. The number of nitrogens with one attached hydrogen (secondary N) is 1. The second kappa shape index (κ2) is 5.74. The van der Waals surface area contributed by atoms with E-state index in [2.05, 4.69) is 5.32 Å². The normalized spacial score (nSPS) is 22.7. The van der Waals surface area contributed by atoms with Crippen molar-refractivity contribution in [1.82, 2.24) is 18.8 Å². The second-order valence-electron chi connectivity index (χ2n) is 5.31. The van der Waals surface area contributed by atoms with Crippen molar-refractivity contribution in [3.63, 3.8) is 0 Å². The molecule has 0 bridgehead atoms. The summed E-state index contributed by atoms with van der Waals surface area (Å²) in [5.74, 6) is 0.0476. The first-order chi connectivity index (χ1) is 8.89. The van der Waals surface area contributed by atoms with Crippen molar-refractivity contribution in [3.8, 4) is 0 Å². The Hall–Kier alpha value is -0.700. The summed E-state index contributed by atoms with van der Waals surface area (Å²) >= 11 is 0. The van der Waals surface area contributed by atoms with Crippen molar-refractivity contribution < 1.29 is 13.2 Å². The number of carbonyl (C=O) groups excluding carboxylic acids is 1. The van der Waals surface area contributed by atoms with Gasteiger partial charge in [0.25, 0.3) is 10.2 Å². The molecular formula is C11H22N4O3S. The zero-order chi connectivity index (χ0) is 14.0. The molecule has 2 fully saturated rings. The predicted molar refractivity (Wildman–Crippen MR) is 71.8 cm³/mol. The Morgan fingerprint density at radius 1 is 1.21 bits per heavy atom. The van der Waals surface area contributed by atoms with Crippen LogP contribution in [0, 0.1) is 0 Å². The highest BCUT2D eigenvalue weighted by Crippen LogP contribution is 2.18. The van der Waals surface area contributed by atoms with Crippen molar-refractivity contribution >= 4 is 16.1 Å². The molecule has 2 aliphatic rings. The van der Waals surface area contributed by atoms with Crippen LogP contribution < -0.4 is 5.32 Å². The van der Waals surface area contributed by atoms with E-state index in [4.69, 9.17) is 0 Å². The van der Waals surface area contributed by atoms with E-state index in [1.165, 1.54) is 22.7 Å². The van der Waals surface area contributed by atoms with Crippen molar-refractivity contribution in [1.29, 1.82) is 0 Å². The molecular weight excluding hydrogens is 268 g/mol. The first kappa shape index (κ1) is 14.7. The van der Waals surface area contributed by atoms with Crippen molar-refractivity contribution in [2.45, 2.75) is 18.9 Å². The number of hydrogen-bond donors (Lipinski definition) is 1. The molecule has 7 nitrogen and oxygen atoms in total. The lowest BCUT2D eigenvalue weighted by molar-refractivity contribution is -0.122. The SMILES string of the molecule is CN(C)S(=O)(=O)N1CCN(CC(=O)NC2CC2)CC1. The molecule has 110 valence electrons. The Kier molecular flexibility index (Phi) is 4.44. The Balaban J connectivity index is 1.77. The van der Waals surface area contributed by atoms with Crippen LogP contribution in [0.15, 0.2) is 0 Å². The molecule has 0 aromatic rings. The van der Waals surface area contributed by atoms with Gasteiger partial charge >= 0.3 is 0 Å². The summed E-state index contributed by atoms with van der Waals surface area (Å²) in [7, 11) is -0.256. The van der Waals surface area contributed by atoms with Crippen LogP contribution in [0.5, 0.6) is 0 Å². The monoisotopic (exact) mass is 290 g/mol. The molecule has 1 amide bonds. The zero-order valence-corrected chi connectivity index (χ0v) is 12.3. The van der Waals surface area contributed by atoms with Crippen LogP contribution in [-0.2, 0) is 15.0 Å². The van der Waals surface area contributed by atoms with Gasteiger partial charge < -0.3 is 5.32 Å². The molecule has 1 N–H and O–H groups in total. The second-order valence-corrected chi connectivity index (χ2v) is 7.45. The summed E-state index contributed by atoms with van der Waals surface area (Å²) < 4.78 is 26.5. The minimum Gasteiger partial charge on any atom is -0.352 e. The van der Waals surface area contributed by atoms with E-state index < -0.39 is 10.2 Å². The minimum absolute atomic E-state index is 0.0476. The number of rotatable bonds is 5. The molecule has 0 spiro atoms. The van der Waals surface area contributed by atoms with E-state index in [0.29, 0.717) is 38.8 Å². The summed E-state index contributed by atoms with van der Waals surface area (Å²) in [6.45, 7) is 2.46. The molecule has 0 aromatic heterocycles. The number of hydrogen-bond acceptors (Lipinski definition) is 4. The maximum Gasteiger partial charge on any atom is 0.281 e. The van der Waals surface area contributed by atoms with E-state index in [1.54, 1.807) is 0 Å². The first-order valence-electron chi connectivity index (χ1n) is 6.59. The third-order valence-electron chi connectivity index (χ3n) is 3.43. The molecule has 8 heteroatoms. The third-order valence-corrected chi connectivity index (χ3v) is 5.37. The highest BCUT2D eigenvalue weighted by Gasteiger charge is 2.30. The standard InChI is InChI=1S/C11H22N4O3S/c1-13(2)19(17,18)15-7-5-14(6-8-15)9-11(16)12-10-3-4-10/h10H,3-9H2,1-2H3,(H,12,16). The van der Waals surface area contributed by atoms with Gasteiger partial charge in [0.15, 0.2) is 0 Å². The lowest BCUT2D eigenvalue weighted by Crippen LogP contribution is -2.53. The van der Waals surface area contributed by atoms with Gasteiger partial charge in [-0.15, -0.1) is 0 Å². The molecule has 1 aliphatic carbocycles. The quantitative estimate of drug-likeness (QED) is 0.682. The van der Waals surface area contributed by atoms with Gasteiger partial charge in [-0.05, 0) is 12.8 Å². The summed E-state index contributed by atoms with van der Waals surface area (Å²) in [6, 6.07) is 0.378. The third kappa shape index (κ3) is 3.88. The molecule has 19 heavy (non-hydrogen) atoms. The van der Waals surface area contributed by atoms with Gasteiger partial charge in [0.05, 0.1) is 6.54 Å². The van der Waals surface area contributed by atoms with Crippen LogP contribution in [0.1, 0.15) is 12.8 Å². The highest BCUT2D eigenvalue weighted by atomic mass is 32.2. The number of nitrogens with zero attached hydrogens (tertiary/aromatic N) is 3. The minimum atomic E-state index is -3.32. The molecule has 0 unspecified atom stereocenters. The molecule has 0 aromatic carbocycles. The maximum atomic E-state index is 11.9. The van der Waals surface area contributed by atoms with Crippen LogP contribution in [0.4, 0.5) is 0 Å². The van der Waals surface area contributed by atoms with E-state index in [-0.39, 0.29) is 5.91 Å². The van der Waals surface area contributed by atoms with Crippen molar-refractivity contribution in [2.24, 2.45) is 0 Å². The maximum absolute atomic E-state index is 11.9. The van der Waals surface area contributed by atoms with Crippen LogP contribution in [-0.4, -0.2) is 80.7 Å². The van der Waals surface area contributed by atoms with Gasteiger partial charge in [0.2, 0.25) is 5.91 Å². The van der Waals surface area contributed by atoms with Crippen LogP contribution in [0.3, 0.4) is 0 Å². The van der Waals surface area contributed by atoms with E-state index in [0.717, 1.165) is 12.8 Å². The van der Waals surface area contributed by atoms with Gasteiger partial charge in [0.1, 0.15) is 0 Å². The fraction of sp³-hybridized carbons (Fsp3) is 0.909. The molecule has 2 rings (SSSR count). The largest absolute Gasteiger partial charge is 0.352 e. The molecule has 0 atom stereocenters. The average Bonchev–Trinajstić information content (AvgIpc) is 3.13. The Morgan fingerprint density at radius 3 is 2.26 bits per heavy atom. The summed E-state index contributed by atoms with van der Waals surface area (Å²) in [5, 5.41) is 2.94. The lowest BCUT2D eigenvalue weighted by Gasteiger charge is -2.34.